The maximum atomic E-state index is 11.9. The number of carbonyl (C=O) groups excluding carboxylic acids is 2. The van der Waals surface area contributed by atoms with Crippen LogP contribution in [0, 0.1) is 0 Å². The number of benzene rings is 1. The minimum atomic E-state index is -0.791. The number of hydrogen-bond acceptors (Lipinski definition) is 5. The molecule has 0 aliphatic rings. The highest BCUT2D eigenvalue weighted by Crippen LogP contribution is 2.28. The number of halogens is 2. The van der Waals surface area contributed by atoms with Gasteiger partial charge in [-0.05, 0) is 24.6 Å². The largest absolute Gasteiger partial charge is 0.477 e. The summed E-state index contributed by atoms with van der Waals surface area (Å²) in [6, 6.07) is 4.73. The Morgan fingerprint density at radius 2 is 1.82 bits per heavy atom. The second-order valence-electron chi connectivity index (χ2n) is 4.33. The average molecular weight is 349 g/mol. The first-order valence-corrected chi connectivity index (χ1v) is 7.67. The molecule has 0 aliphatic heterocycles. The van der Waals surface area contributed by atoms with Gasteiger partial charge in [-0.2, -0.15) is 0 Å². The zero-order chi connectivity index (χ0) is 16.5. The van der Waals surface area contributed by atoms with Crippen LogP contribution in [-0.2, 0) is 19.1 Å². The molecule has 0 saturated carbocycles. The molecule has 5 nitrogen and oxygen atoms in total. The van der Waals surface area contributed by atoms with Crippen LogP contribution in [0.1, 0.15) is 26.7 Å². The molecule has 1 atom stereocenters. The number of carbonyl (C=O) groups is 2. The third-order valence-electron chi connectivity index (χ3n) is 2.68. The Balaban J connectivity index is 2.49. The van der Waals surface area contributed by atoms with Gasteiger partial charge in [0.15, 0.2) is 6.10 Å². The van der Waals surface area contributed by atoms with Crippen molar-refractivity contribution in [1.82, 2.24) is 0 Å². The van der Waals surface area contributed by atoms with Crippen LogP contribution in [0.4, 0.5) is 0 Å². The van der Waals surface area contributed by atoms with Crippen molar-refractivity contribution in [3.05, 3.63) is 28.2 Å². The molecule has 0 heterocycles. The molecular formula is C15H18Cl2O5. The number of hydrogen-bond donors (Lipinski definition) is 0. The summed E-state index contributed by atoms with van der Waals surface area (Å²) in [5.41, 5.74) is 0. The molecule has 0 spiro atoms. The van der Waals surface area contributed by atoms with Crippen molar-refractivity contribution in [2.75, 3.05) is 13.2 Å². The normalized spacial score (nSPS) is 11.6. The van der Waals surface area contributed by atoms with Gasteiger partial charge in [0.25, 0.3) is 0 Å². The lowest BCUT2D eigenvalue weighted by Gasteiger charge is -2.17. The Kier molecular flexibility index (Phi) is 8.06. The molecule has 22 heavy (non-hydrogen) atoms. The summed E-state index contributed by atoms with van der Waals surface area (Å²) in [5.74, 6) is -0.527. The maximum absolute atomic E-state index is 11.9. The van der Waals surface area contributed by atoms with E-state index < -0.39 is 12.1 Å². The van der Waals surface area contributed by atoms with E-state index in [1.54, 1.807) is 26.0 Å². The highest BCUT2D eigenvalue weighted by atomic mass is 35.5. The Labute approximate surface area is 139 Å². The lowest BCUT2D eigenvalue weighted by atomic mass is 10.2. The van der Waals surface area contributed by atoms with Crippen molar-refractivity contribution in [3.8, 4) is 5.75 Å². The van der Waals surface area contributed by atoms with Crippen molar-refractivity contribution in [1.29, 1.82) is 0 Å². The lowest BCUT2D eigenvalue weighted by Crippen LogP contribution is -2.30. The van der Waals surface area contributed by atoms with Crippen LogP contribution in [0.3, 0.4) is 0 Å². The van der Waals surface area contributed by atoms with Crippen LogP contribution in [0.25, 0.3) is 0 Å². The van der Waals surface area contributed by atoms with Crippen LogP contribution in [0.15, 0.2) is 18.2 Å². The summed E-state index contributed by atoms with van der Waals surface area (Å²) in [6.45, 7) is 3.48. The molecule has 1 aromatic rings. The SMILES string of the molecule is CCC(=O)OCCOC(=O)C(CC)Oc1ccc(Cl)cc1Cl. The van der Waals surface area contributed by atoms with E-state index in [0.717, 1.165) is 0 Å². The zero-order valence-corrected chi connectivity index (χ0v) is 13.9. The van der Waals surface area contributed by atoms with E-state index in [9.17, 15) is 9.59 Å². The van der Waals surface area contributed by atoms with Crippen molar-refractivity contribution < 1.29 is 23.8 Å². The van der Waals surface area contributed by atoms with Gasteiger partial charge in [0, 0.05) is 11.4 Å². The Bertz CT molecular complexity index is 519. The van der Waals surface area contributed by atoms with E-state index in [4.69, 9.17) is 37.4 Å². The molecule has 1 unspecified atom stereocenters. The van der Waals surface area contributed by atoms with Crippen LogP contribution < -0.4 is 4.74 Å². The first-order valence-electron chi connectivity index (χ1n) is 6.91. The summed E-state index contributed by atoms with van der Waals surface area (Å²) in [5, 5.41) is 0.793. The minimum Gasteiger partial charge on any atom is -0.477 e. The van der Waals surface area contributed by atoms with Crippen LogP contribution in [-0.4, -0.2) is 31.3 Å². The number of esters is 2. The predicted molar refractivity (Wildman–Crippen MR) is 83.4 cm³/mol. The van der Waals surface area contributed by atoms with E-state index in [0.29, 0.717) is 22.2 Å². The molecule has 0 saturated heterocycles. The topological polar surface area (TPSA) is 61.8 Å². The summed E-state index contributed by atoms with van der Waals surface area (Å²) < 4.78 is 15.4. The van der Waals surface area contributed by atoms with E-state index >= 15 is 0 Å². The molecule has 1 aromatic carbocycles. The van der Waals surface area contributed by atoms with E-state index in [-0.39, 0.29) is 25.6 Å². The fourth-order valence-corrected chi connectivity index (χ4v) is 1.97. The first-order chi connectivity index (χ1) is 10.5. The van der Waals surface area contributed by atoms with Crippen LogP contribution >= 0.6 is 23.2 Å². The molecule has 0 bridgehead atoms. The van der Waals surface area contributed by atoms with Gasteiger partial charge in [-0.25, -0.2) is 4.79 Å². The summed E-state index contributed by atoms with van der Waals surface area (Å²) in [4.78, 5) is 22.9. The molecule has 0 fully saturated rings. The standard InChI is InChI=1S/C15H18Cl2O5/c1-3-12(15(19)21-8-7-20-14(18)4-2)22-13-6-5-10(16)9-11(13)17/h5-6,9,12H,3-4,7-8H2,1-2H3. The van der Waals surface area contributed by atoms with E-state index in [1.807, 2.05) is 0 Å². The van der Waals surface area contributed by atoms with Crippen LogP contribution in [0.2, 0.25) is 10.0 Å². The van der Waals surface area contributed by atoms with Gasteiger partial charge in [-0.1, -0.05) is 37.0 Å². The third kappa shape index (κ3) is 6.12. The Morgan fingerprint density at radius 1 is 1.14 bits per heavy atom. The molecule has 0 aliphatic carbocycles. The van der Waals surface area contributed by atoms with Gasteiger partial charge >= 0.3 is 11.9 Å². The predicted octanol–water partition coefficient (Wildman–Crippen LogP) is 3.65. The first kappa shape index (κ1) is 18.6. The lowest BCUT2D eigenvalue weighted by molar-refractivity contribution is -0.157. The highest BCUT2D eigenvalue weighted by Gasteiger charge is 2.21. The van der Waals surface area contributed by atoms with Crippen molar-refractivity contribution >= 4 is 35.1 Å². The fourth-order valence-electron chi connectivity index (χ4n) is 1.51. The number of rotatable bonds is 8. The van der Waals surface area contributed by atoms with Gasteiger partial charge in [-0.15, -0.1) is 0 Å². The van der Waals surface area contributed by atoms with Crippen molar-refractivity contribution in [3.63, 3.8) is 0 Å². The third-order valence-corrected chi connectivity index (χ3v) is 3.21. The summed E-state index contributed by atoms with van der Waals surface area (Å²) >= 11 is 11.8. The zero-order valence-electron chi connectivity index (χ0n) is 12.4. The van der Waals surface area contributed by atoms with Crippen molar-refractivity contribution in [2.24, 2.45) is 0 Å². The van der Waals surface area contributed by atoms with E-state index in [2.05, 4.69) is 0 Å². The van der Waals surface area contributed by atoms with Crippen LogP contribution in [0.5, 0.6) is 5.75 Å². The maximum Gasteiger partial charge on any atom is 0.347 e. The molecule has 0 radical (unpaired) electrons. The molecule has 0 aromatic heterocycles. The Morgan fingerprint density at radius 3 is 2.41 bits per heavy atom. The molecule has 0 amide bonds. The molecule has 7 heteroatoms. The second-order valence-corrected chi connectivity index (χ2v) is 5.17. The smallest absolute Gasteiger partial charge is 0.347 e. The van der Waals surface area contributed by atoms with Gasteiger partial charge in [0.2, 0.25) is 0 Å². The fraction of sp³-hybridized carbons (Fsp3) is 0.467. The van der Waals surface area contributed by atoms with E-state index in [1.165, 1.54) is 6.07 Å². The Hall–Kier alpha value is -1.46. The van der Waals surface area contributed by atoms with Gasteiger partial charge in [-0.3, -0.25) is 4.79 Å². The quantitative estimate of drug-likeness (QED) is 0.530. The van der Waals surface area contributed by atoms with Gasteiger partial charge < -0.3 is 14.2 Å². The summed E-state index contributed by atoms with van der Waals surface area (Å²) in [7, 11) is 0. The monoisotopic (exact) mass is 348 g/mol. The molecule has 0 N–H and O–H groups in total. The molecule has 122 valence electrons. The van der Waals surface area contributed by atoms with Gasteiger partial charge in [0.1, 0.15) is 19.0 Å². The molecule has 1 rings (SSSR count). The van der Waals surface area contributed by atoms with Gasteiger partial charge in [0.05, 0.1) is 5.02 Å². The summed E-state index contributed by atoms with van der Waals surface area (Å²) in [6.07, 6.45) is -0.100. The van der Waals surface area contributed by atoms with Crippen molar-refractivity contribution in [2.45, 2.75) is 32.8 Å². The number of ether oxygens (including phenoxy) is 3. The highest BCUT2D eigenvalue weighted by molar-refractivity contribution is 6.35. The molecular weight excluding hydrogens is 331 g/mol. The minimum absolute atomic E-state index is 0.0151. The second kappa shape index (κ2) is 9.54. The average Bonchev–Trinajstić information content (AvgIpc) is 2.50.